The van der Waals surface area contributed by atoms with Crippen LogP contribution in [0, 0.1) is 6.92 Å². The van der Waals surface area contributed by atoms with Crippen molar-refractivity contribution >= 4 is 11.9 Å². The van der Waals surface area contributed by atoms with E-state index < -0.39 is 5.97 Å². The van der Waals surface area contributed by atoms with E-state index in [2.05, 4.69) is 10.3 Å². The van der Waals surface area contributed by atoms with Crippen LogP contribution in [0.1, 0.15) is 39.4 Å². The fourth-order valence-corrected chi connectivity index (χ4v) is 2.02. The lowest BCUT2D eigenvalue weighted by atomic mass is 10.2. The summed E-state index contributed by atoms with van der Waals surface area (Å²) in [4.78, 5) is 26.5. The molecule has 0 aliphatic carbocycles. The van der Waals surface area contributed by atoms with E-state index >= 15 is 0 Å². The van der Waals surface area contributed by atoms with Gasteiger partial charge < -0.3 is 15.2 Å². The molecule has 0 unspecified atom stereocenters. The molecule has 0 radical (unpaired) electrons. The molecule has 0 bridgehead atoms. The number of carbonyl (C=O) groups excluding carboxylic acids is 1. The fraction of sp³-hybridized carbons (Fsp3) is 0.278. The molecular weight excluding hydrogens is 308 g/mol. The topological polar surface area (TPSA) is 88.5 Å². The lowest BCUT2D eigenvalue weighted by Gasteiger charge is -2.07. The zero-order valence-corrected chi connectivity index (χ0v) is 13.5. The summed E-state index contributed by atoms with van der Waals surface area (Å²) in [5, 5.41) is 11.6. The number of ether oxygens (including phenoxy) is 1. The summed E-state index contributed by atoms with van der Waals surface area (Å²) in [5.41, 5.74) is 1.14. The number of aromatic nitrogens is 1. The maximum atomic E-state index is 11.9. The van der Waals surface area contributed by atoms with Gasteiger partial charge in [0.25, 0.3) is 5.91 Å². The number of unbranched alkanes of at least 4 members (excludes halogenated alkanes) is 1. The normalized spacial score (nSPS) is 10.2. The highest BCUT2D eigenvalue weighted by molar-refractivity contribution is 5.94. The first kappa shape index (κ1) is 17.5. The van der Waals surface area contributed by atoms with Gasteiger partial charge >= 0.3 is 5.97 Å². The van der Waals surface area contributed by atoms with Gasteiger partial charge in [0.05, 0.1) is 6.61 Å². The first-order valence-corrected chi connectivity index (χ1v) is 7.74. The van der Waals surface area contributed by atoms with Crippen LogP contribution in [0.15, 0.2) is 42.5 Å². The van der Waals surface area contributed by atoms with Crippen molar-refractivity contribution in [2.24, 2.45) is 0 Å². The molecule has 1 heterocycles. The number of carboxylic acids is 1. The predicted molar refractivity (Wildman–Crippen MR) is 89.4 cm³/mol. The van der Waals surface area contributed by atoms with E-state index in [1.165, 1.54) is 23.8 Å². The molecule has 0 saturated carbocycles. The van der Waals surface area contributed by atoms with E-state index in [0.717, 1.165) is 18.6 Å². The molecule has 126 valence electrons. The second-order valence-electron chi connectivity index (χ2n) is 5.34. The smallest absolute Gasteiger partial charge is 0.354 e. The molecule has 0 fully saturated rings. The number of aromatic carboxylic acids is 1. The number of pyridine rings is 1. The first-order chi connectivity index (χ1) is 11.6. The number of hydrogen-bond donors (Lipinski definition) is 2. The average molecular weight is 328 g/mol. The van der Waals surface area contributed by atoms with Gasteiger partial charge in [0, 0.05) is 6.54 Å². The molecule has 0 saturated heterocycles. The summed E-state index contributed by atoms with van der Waals surface area (Å²) in [6.45, 7) is 3.08. The maximum Gasteiger partial charge on any atom is 0.354 e. The lowest BCUT2D eigenvalue weighted by Crippen LogP contribution is -2.26. The van der Waals surface area contributed by atoms with Gasteiger partial charge in [-0.15, -0.1) is 0 Å². The van der Waals surface area contributed by atoms with Crippen molar-refractivity contribution in [1.82, 2.24) is 10.3 Å². The van der Waals surface area contributed by atoms with Gasteiger partial charge in [-0.05, 0) is 44.0 Å². The van der Waals surface area contributed by atoms with Gasteiger partial charge in [0.1, 0.15) is 17.1 Å². The number of nitrogens with zero attached hydrogens (tertiary/aromatic N) is 1. The Labute approximate surface area is 140 Å². The van der Waals surface area contributed by atoms with Gasteiger partial charge in [0.15, 0.2) is 0 Å². The van der Waals surface area contributed by atoms with E-state index in [-0.39, 0.29) is 17.3 Å². The monoisotopic (exact) mass is 328 g/mol. The van der Waals surface area contributed by atoms with E-state index in [4.69, 9.17) is 9.84 Å². The van der Waals surface area contributed by atoms with Gasteiger partial charge in [-0.2, -0.15) is 0 Å². The Kier molecular flexibility index (Phi) is 6.31. The minimum Gasteiger partial charge on any atom is -0.494 e. The fourth-order valence-electron chi connectivity index (χ4n) is 2.02. The van der Waals surface area contributed by atoms with E-state index in [0.29, 0.717) is 13.2 Å². The van der Waals surface area contributed by atoms with Crippen molar-refractivity contribution in [2.75, 3.05) is 13.2 Å². The van der Waals surface area contributed by atoms with Crippen molar-refractivity contribution < 1.29 is 19.4 Å². The van der Waals surface area contributed by atoms with Crippen LogP contribution in [0.2, 0.25) is 0 Å². The van der Waals surface area contributed by atoms with Crippen molar-refractivity contribution in [2.45, 2.75) is 19.8 Å². The van der Waals surface area contributed by atoms with Crippen LogP contribution in [0.25, 0.3) is 0 Å². The van der Waals surface area contributed by atoms with Crippen LogP contribution >= 0.6 is 0 Å². The van der Waals surface area contributed by atoms with Crippen molar-refractivity contribution in [1.29, 1.82) is 0 Å². The summed E-state index contributed by atoms with van der Waals surface area (Å²) >= 11 is 0. The first-order valence-electron chi connectivity index (χ1n) is 7.74. The Balaban J connectivity index is 1.66. The molecule has 6 heteroatoms. The van der Waals surface area contributed by atoms with E-state index in [9.17, 15) is 9.59 Å². The third-order valence-electron chi connectivity index (χ3n) is 3.35. The Morgan fingerprint density at radius 1 is 1.08 bits per heavy atom. The molecule has 0 atom stereocenters. The predicted octanol–water partition coefficient (Wildman–Crippen LogP) is 2.68. The number of carboxylic acid groups (broad SMARTS) is 1. The maximum absolute atomic E-state index is 11.9. The van der Waals surface area contributed by atoms with Crippen molar-refractivity contribution in [3.05, 3.63) is 59.4 Å². The van der Waals surface area contributed by atoms with Gasteiger partial charge in [-0.25, -0.2) is 9.78 Å². The van der Waals surface area contributed by atoms with Gasteiger partial charge in [-0.3, -0.25) is 4.79 Å². The molecule has 2 N–H and O–H groups in total. The van der Waals surface area contributed by atoms with E-state index in [1.807, 2.05) is 31.2 Å². The summed E-state index contributed by atoms with van der Waals surface area (Å²) < 4.78 is 5.60. The number of nitrogens with one attached hydrogen (secondary N) is 1. The molecule has 0 aliphatic rings. The number of benzene rings is 1. The number of amides is 1. The summed E-state index contributed by atoms with van der Waals surface area (Å²) in [7, 11) is 0. The van der Waals surface area contributed by atoms with Gasteiger partial charge in [0.2, 0.25) is 0 Å². The van der Waals surface area contributed by atoms with Crippen molar-refractivity contribution in [3.63, 3.8) is 0 Å². The third kappa shape index (κ3) is 5.39. The molecule has 1 aromatic heterocycles. The van der Waals surface area contributed by atoms with Gasteiger partial charge in [-0.1, -0.05) is 23.8 Å². The second-order valence-corrected chi connectivity index (χ2v) is 5.34. The minimum absolute atomic E-state index is 0.103. The Bertz CT molecular complexity index is 698. The Morgan fingerprint density at radius 2 is 1.79 bits per heavy atom. The van der Waals surface area contributed by atoms with Crippen LogP contribution in [-0.2, 0) is 0 Å². The quantitative estimate of drug-likeness (QED) is 0.727. The highest BCUT2D eigenvalue weighted by Crippen LogP contribution is 2.11. The van der Waals surface area contributed by atoms with Crippen LogP contribution in [0.3, 0.4) is 0 Å². The molecule has 2 rings (SSSR count). The molecule has 24 heavy (non-hydrogen) atoms. The summed E-state index contributed by atoms with van der Waals surface area (Å²) in [6.07, 6.45) is 1.56. The molecular formula is C18H20N2O4. The molecule has 6 nitrogen and oxygen atoms in total. The number of hydrogen-bond acceptors (Lipinski definition) is 4. The average Bonchev–Trinajstić information content (AvgIpc) is 2.59. The number of rotatable bonds is 8. The molecule has 1 aromatic carbocycles. The Morgan fingerprint density at radius 3 is 2.50 bits per heavy atom. The molecule has 1 amide bonds. The highest BCUT2D eigenvalue weighted by atomic mass is 16.5. The SMILES string of the molecule is Cc1ccc(OCCCCNC(=O)c2cccc(C(=O)O)n2)cc1. The summed E-state index contributed by atoms with van der Waals surface area (Å²) in [6, 6.07) is 12.2. The van der Waals surface area contributed by atoms with Crippen molar-refractivity contribution in [3.8, 4) is 5.75 Å². The second kappa shape index (κ2) is 8.67. The third-order valence-corrected chi connectivity index (χ3v) is 3.35. The molecule has 2 aromatic rings. The number of aryl methyl sites for hydroxylation is 1. The minimum atomic E-state index is -1.15. The lowest BCUT2D eigenvalue weighted by molar-refractivity contribution is 0.0690. The zero-order valence-electron chi connectivity index (χ0n) is 13.5. The molecule has 0 spiro atoms. The van der Waals surface area contributed by atoms with E-state index in [1.54, 1.807) is 0 Å². The Hall–Kier alpha value is -2.89. The van der Waals surface area contributed by atoms with Crippen LogP contribution in [-0.4, -0.2) is 35.1 Å². The standard InChI is InChI=1S/C18H20N2O4/c1-13-7-9-14(10-8-13)24-12-3-2-11-19-17(21)15-5-4-6-16(20-15)18(22)23/h4-10H,2-3,11-12H2,1H3,(H,19,21)(H,22,23). The summed E-state index contributed by atoms with van der Waals surface area (Å²) in [5.74, 6) is -0.699. The largest absolute Gasteiger partial charge is 0.494 e. The van der Waals surface area contributed by atoms with Crippen LogP contribution in [0.5, 0.6) is 5.75 Å². The van der Waals surface area contributed by atoms with Crippen LogP contribution in [0.4, 0.5) is 0 Å². The highest BCUT2D eigenvalue weighted by Gasteiger charge is 2.10. The zero-order chi connectivity index (χ0) is 17.4. The molecule has 0 aliphatic heterocycles. The van der Waals surface area contributed by atoms with Crippen LogP contribution < -0.4 is 10.1 Å². The number of carbonyl (C=O) groups is 2.